The summed E-state index contributed by atoms with van der Waals surface area (Å²) in [5.74, 6) is 1.45. The van der Waals surface area contributed by atoms with Gasteiger partial charge < -0.3 is 9.73 Å². The van der Waals surface area contributed by atoms with Gasteiger partial charge in [-0.1, -0.05) is 5.57 Å². The standard InChI is InChI=1S/C19H18N4O2/c1-12(9-14-6-4-8-25-14)15-10-16(24)21-19-17(15)18(22-23(19)2)13-5-3-7-20-11-13/h3-9,11,15H,10H2,1-2H3,(H,21,24)/b12-9+/t15-/m1/s1. The summed E-state index contributed by atoms with van der Waals surface area (Å²) in [4.78, 5) is 16.4. The monoisotopic (exact) mass is 334 g/mol. The number of nitrogens with zero attached hydrogens (tertiary/aromatic N) is 3. The third kappa shape index (κ3) is 2.76. The average Bonchev–Trinajstić information content (AvgIpc) is 3.23. The van der Waals surface area contributed by atoms with E-state index in [1.807, 2.05) is 44.3 Å². The number of hydrogen-bond donors (Lipinski definition) is 1. The maximum absolute atomic E-state index is 12.2. The fourth-order valence-corrected chi connectivity index (χ4v) is 3.29. The number of anilines is 1. The van der Waals surface area contributed by atoms with Gasteiger partial charge >= 0.3 is 0 Å². The maximum atomic E-state index is 12.2. The van der Waals surface area contributed by atoms with Crippen LogP contribution in [-0.2, 0) is 11.8 Å². The molecule has 6 nitrogen and oxygen atoms in total. The number of rotatable bonds is 3. The van der Waals surface area contributed by atoms with E-state index in [0.717, 1.165) is 34.0 Å². The van der Waals surface area contributed by atoms with Crippen LogP contribution >= 0.6 is 0 Å². The second-order valence-corrected chi connectivity index (χ2v) is 6.18. The minimum atomic E-state index is -0.0576. The van der Waals surface area contributed by atoms with Crippen molar-refractivity contribution in [2.45, 2.75) is 19.3 Å². The number of aromatic nitrogens is 3. The Morgan fingerprint density at radius 1 is 1.40 bits per heavy atom. The summed E-state index contributed by atoms with van der Waals surface area (Å²) in [5.41, 5.74) is 3.87. The molecule has 6 heteroatoms. The van der Waals surface area contributed by atoms with Crippen molar-refractivity contribution in [1.82, 2.24) is 14.8 Å². The van der Waals surface area contributed by atoms with Crippen molar-refractivity contribution < 1.29 is 9.21 Å². The van der Waals surface area contributed by atoms with Gasteiger partial charge in [0, 0.05) is 42.9 Å². The average molecular weight is 334 g/mol. The number of nitrogens with one attached hydrogen (secondary N) is 1. The highest BCUT2D eigenvalue weighted by Crippen LogP contribution is 2.42. The Kier molecular flexibility index (Phi) is 3.72. The summed E-state index contributed by atoms with van der Waals surface area (Å²) in [6, 6.07) is 7.62. The zero-order valence-electron chi connectivity index (χ0n) is 14.1. The molecule has 0 radical (unpaired) electrons. The van der Waals surface area contributed by atoms with Gasteiger partial charge in [-0.15, -0.1) is 0 Å². The lowest BCUT2D eigenvalue weighted by atomic mass is 9.84. The predicted octanol–water partition coefficient (Wildman–Crippen LogP) is 3.60. The van der Waals surface area contributed by atoms with E-state index in [4.69, 9.17) is 4.42 Å². The number of aryl methyl sites for hydroxylation is 1. The van der Waals surface area contributed by atoms with Gasteiger partial charge in [-0.05, 0) is 37.3 Å². The number of pyridine rings is 1. The molecule has 126 valence electrons. The molecule has 3 aromatic rings. The zero-order chi connectivity index (χ0) is 17.4. The quantitative estimate of drug-likeness (QED) is 0.794. The number of furan rings is 1. The molecule has 0 spiro atoms. The molecule has 1 atom stereocenters. The first-order valence-corrected chi connectivity index (χ1v) is 8.12. The van der Waals surface area contributed by atoms with Crippen molar-refractivity contribution in [1.29, 1.82) is 0 Å². The topological polar surface area (TPSA) is 73.0 Å². The first-order chi connectivity index (χ1) is 12.1. The summed E-state index contributed by atoms with van der Waals surface area (Å²) in [7, 11) is 1.84. The van der Waals surface area contributed by atoms with Gasteiger partial charge in [0.1, 0.15) is 11.6 Å². The Morgan fingerprint density at radius 3 is 3.00 bits per heavy atom. The smallest absolute Gasteiger partial charge is 0.226 e. The highest BCUT2D eigenvalue weighted by molar-refractivity contribution is 5.96. The number of hydrogen-bond acceptors (Lipinski definition) is 4. The fourth-order valence-electron chi connectivity index (χ4n) is 3.29. The van der Waals surface area contributed by atoms with E-state index >= 15 is 0 Å². The van der Waals surface area contributed by atoms with E-state index in [1.165, 1.54) is 0 Å². The number of carbonyl (C=O) groups excluding carboxylic acids is 1. The van der Waals surface area contributed by atoms with Crippen LogP contribution in [-0.4, -0.2) is 20.7 Å². The van der Waals surface area contributed by atoms with Crippen molar-refractivity contribution in [3.63, 3.8) is 0 Å². The lowest BCUT2D eigenvalue weighted by Gasteiger charge is -2.24. The molecule has 0 aliphatic carbocycles. The molecule has 0 fully saturated rings. The van der Waals surface area contributed by atoms with Crippen molar-refractivity contribution in [3.8, 4) is 11.3 Å². The molecule has 3 aromatic heterocycles. The lowest BCUT2D eigenvalue weighted by Crippen LogP contribution is -2.24. The van der Waals surface area contributed by atoms with Crippen LogP contribution in [0.5, 0.6) is 0 Å². The summed E-state index contributed by atoms with van der Waals surface area (Å²) in [5, 5.41) is 7.59. The predicted molar refractivity (Wildman–Crippen MR) is 94.8 cm³/mol. The normalized spacial score (nSPS) is 17.3. The van der Waals surface area contributed by atoms with Gasteiger partial charge in [0.25, 0.3) is 0 Å². The van der Waals surface area contributed by atoms with E-state index in [2.05, 4.69) is 15.4 Å². The van der Waals surface area contributed by atoms with Crippen molar-refractivity contribution in [2.24, 2.45) is 7.05 Å². The Balaban J connectivity index is 1.86. The number of carbonyl (C=O) groups is 1. The van der Waals surface area contributed by atoms with Gasteiger partial charge in [0.2, 0.25) is 5.91 Å². The number of allylic oxidation sites excluding steroid dienone is 1. The number of fused-ring (bicyclic) bond motifs is 1. The molecule has 0 bridgehead atoms. The summed E-state index contributed by atoms with van der Waals surface area (Å²) >= 11 is 0. The van der Waals surface area contributed by atoms with E-state index < -0.39 is 0 Å². The third-order valence-electron chi connectivity index (χ3n) is 4.48. The van der Waals surface area contributed by atoms with Crippen LogP contribution in [0.15, 0.2) is 52.9 Å². The molecule has 25 heavy (non-hydrogen) atoms. The Morgan fingerprint density at radius 2 is 2.28 bits per heavy atom. The first kappa shape index (κ1) is 15.4. The van der Waals surface area contributed by atoms with Gasteiger partial charge in [-0.25, -0.2) is 0 Å². The minimum Gasteiger partial charge on any atom is -0.465 e. The van der Waals surface area contributed by atoms with Crippen molar-refractivity contribution in [3.05, 3.63) is 59.8 Å². The Hall–Kier alpha value is -3.15. The summed E-state index contributed by atoms with van der Waals surface area (Å²) in [6.45, 7) is 2.02. The van der Waals surface area contributed by atoms with Crippen molar-refractivity contribution in [2.75, 3.05) is 5.32 Å². The van der Waals surface area contributed by atoms with Crippen LogP contribution < -0.4 is 5.32 Å². The van der Waals surface area contributed by atoms with Gasteiger partial charge in [-0.2, -0.15) is 5.10 Å². The van der Waals surface area contributed by atoms with Gasteiger partial charge in [0.05, 0.1) is 12.0 Å². The minimum absolute atomic E-state index is 0.00886. The largest absolute Gasteiger partial charge is 0.465 e. The van der Waals surface area contributed by atoms with Gasteiger partial charge in [-0.3, -0.25) is 14.5 Å². The van der Waals surface area contributed by atoms with Crippen LogP contribution in [0.4, 0.5) is 5.82 Å². The van der Waals surface area contributed by atoms with E-state index in [1.54, 1.807) is 23.3 Å². The van der Waals surface area contributed by atoms with Crippen LogP contribution in [0.1, 0.15) is 30.6 Å². The maximum Gasteiger partial charge on any atom is 0.226 e. The Bertz CT molecular complexity index is 939. The molecule has 4 rings (SSSR count). The summed E-state index contributed by atoms with van der Waals surface area (Å²) in [6.07, 6.45) is 7.53. The SMILES string of the molecule is C/C(=C\c1ccco1)[C@H]1CC(=O)Nc2c1c(-c1cccnc1)nn2C. The van der Waals surface area contributed by atoms with E-state index in [0.29, 0.717) is 6.42 Å². The molecule has 0 saturated heterocycles. The van der Waals surface area contributed by atoms with Crippen LogP contribution in [0, 0.1) is 0 Å². The highest BCUT2D eigenvalue weighted by atomic mass is 16.3. The van der Waals surface area contributed by atoms with Gasteiger partial charge in [0.15, 0.2) is 0 Å². The van der Waals surface area contributed by atoms with Crippen molar-refractivity contribution >= 4 is 17.8 Å². The molecular formula is C19H18N4O2. The van der Waals surface area contributed by atoms with E-state index in [9.17, 15) is 4.79 Å². The molecule has 0 saturated carbocycles. The first-order valence-electron chi connectivity index (χ1n) is 8.12. The second kappa shape index (κ2) is 6.05. The zero-order valence-corrected chi connectivity index (χ0v) is 14.1. The van der Waals surface area contributed by atoms with E-state index in [-0.39, 0.29) is 11.8 Å². The molecular weight excluding hydrogens is 316 g/mol. The molecule has 1 aliphatic heterocycles. The third-order valence-corrected chi connectivity index (χ3v) is 4.48. The molecule has 0 unspecified atom stereocenters. The highest BCUT2D eigenvalue weighted by Gasteiger charge is 2.33. The Labute approximate surface area is 145 Å². The van der Waals surface area contributed by atoms with Crippen LogP contribution in [0.25, 0.3) is 17.3 Å². The fraction of sp³-hybridized carbons (Fsp3) is 0.211. The molecule has 0 aromatic carbocycles. The molecule has 1 N–H and O–H groups in total. The number of amides is 1. The molecule has 1 amide bonds. The van der Waals surface area contributed by atoms with Crippen LogP contribution in [0.2, 0.25) is 0 Å². The lowest BCUT2D eigenvalue weighted by molar-refractivity contribution is -0.116. The molecule has 4 heterocycles. The second-order valence-electron chi connectivity index (χ2n) is 6.18. The molecule has 1 aliphatic rings. The summed E-state index contributed by atoms with van der Waals surface area (Å²) < 4.78 is 7.15. The van der Waals surface area contributed by atoms with Crippen LogP contribution in [0.3, 0.4) is 0 Å².